The lowest BCUT2D eigenvalue weighted by molar-refractivity contribution is -0.136. The zero-order chi connectivity index (χ0) is 16.7. The van der Waals surface area contributed by atoms with Crippen LogP contribution >= 0.6 is 23.2 Å². The highest BCUT2D eigenvalue weighted by atomic mass is 35.5. The van der Waals surface area contributed by atoms with Crippen LogP contribution in [-0.4, -0.2) is 36.1 Å². The number of rotatable bonds is 3. The molecule has 0 aromatic heterocycles. The Kier molecular flexibility index (Phi) is 3.99. The normalized spacial score (nSPS) is 22.7. The van der Waals surface area contributed by atoms with E-state index >= 15 is 0 Å². The number of fused-ring (bicyclic) bond motifs is 1. The Morgan fingerprint density at radius 2 is 1.91 bits per heavy atom. The van der Waals surface area contributed by atoms with Gasteiger partial charge in [0.05, 0.1) is 12.3 Å². The third-order valence-electron chi connectivity index (χ3n) is 3.51. The van der Waals surface area contributed by atoms with E-state index in [1.54, 1.807) is 6.92 Å². The molecule has 7 nitrogen and oxygen atoms in total. The molecular formula is C14H11Cl2N3O4. The second-order valence-electron chi connectivity index (χ2n) is 4.94. The minimum absolute atomic E-state index is 0.106. The van der Waals surface area contributed by atoms with Crippen LogP contribution in [0.5, 0.6) is 0 Å². The molecule has 1 fully saturated rings. The van der Waals surface area contributed by atoms with Crippen LogP contribution in [0.2, 0.25) is 10.0 Å². The Balaban J connectivity index is 1.95. The summed E-state index contributed by atoms with van der Waals surface area (Å²) >= 11 is 11.8. The van der Waals surface area contributed by atoms with E-state index in [0.717, 1.165) is 4.90 Å². The van der Waals surface area contributed by atoms with Crippen molar-refractivity contribution in [2.24, 2.45) is 11.0 Å². The van der Waals surface area contributed by atoms with Crippen LogP contribution in [0.3, 0.4) is 0 Å². The minimum Gasteiger partial charge on any atom is -0.461 e. The number of halogens is 2. The van der Waals surface area contributed by atoms with Crippen LogP contribution in [0.25, 0.3) is 0 Å². The standard InChI is InChI=1S/C14H11Cl2N3O4/c1-2-23-14(22)11-9-10(17-18-11)13(21)19(12(9)20)8-4-6(15)3-7(16)5-8/h3-5,9-10,17H,2H2,1H3/t9-,10-/m1/s1. The second kappa shape index (κ2) is 5.82. The average Bonchev–Trinajstić information content (AvgIpc) is 2.99. The first-order valence-corrected chi connectivity index (χ1v) is 7.53. The Morgan fingerprint density at radius 1 is 1.26 bits per heavy atom. The van der Waals surface area contributed by atoms with Gasteiger partial charge in [0.1, 0.15) is 12.0 Å². The van der Waals surface area contributed by atoms with E-state index in [0.29, 0.717) is 0 Å². The Morgan fingerprint density at radius 3 is 2.52 bits per heavy atom. The number of carbonyl (C=O) groups is 3. The summed E-state index contributed by atoms with van der Waals surface area (Å²) in [5, 5.41) is 4.35. The highest BCUT2D eigenvalue weighted by Crippen LogP contribution is 2.33. The van der Waals surface area contributed by atoms with Crippen LogP contribution in [0, 0.1) is 5.92 Å². The number of nitrogens with one attached hydrogen (secondary N) is 1. The maximum absolute atomic E-state index is 12.6. The molecule has 0 radical (unpaired) electrons. The number of esters is 1. The van der Waals surface area contributed by atoms with Crippen molar-refractivity contribution in [3.8, 4) is 0 Å². The molecular weight excluding hydrogens is 345 g/mol. The molecule has 1 saturated heterocycles. The average molecular weight is 356 g/mol. The summed E-state index contributed by atoms with van der Waals surface area (Å²) in [6, 6.07) is 3.46. The lowest BCUT2D eigenvalue weighted by Crippen LogP contribution is -2.36. The Bertz CT molecular complexity index is 729. The van der Waals surface area contributed by atoms with Gasteiger partial charge in [-0.15, -0.1) is 0 Å². The van der Waals surface area contributed by atoms with Gasteiger partial charge in [-0.2, -0.15) is 5.10 Å². The first-order chi connectivity index (χ1) is 10.9. The molecule has 2 heterocycles. The zero-order valence-electron chi connectivity index (χ0n) is 11.9. The van der Waals surface area contributed by atoms with Crippen LogP contribution in [-0.2, 0) is 19.1 Å². The number of ether oxygens (including phenoxy) is 1. The van der Waals surface area contributed by atoms with Gasteiger partial charge in [0.2, 0.25) is 5.91 Å². The number of nitrogens with zero attached hydrogens (tertiary/aromatic N) is 2. The third-order valence-corrected chi connectivity index (χ3v) is 3.95. The fourth-order valence-corrected chi connectivity index (χ4v) is 3.10. The van der Waals surface area contributed by atoms with Gasteiger partial charge in [0.15, 0.2) is 5.71 Å². The fraction of sp³-hybridized carbons (Fsp3) is 0.286. The molecule has 9 heteroatoms. The minimum atomic E-state index is -1.01. The topological polar surface area (TPSA) is 88.1 Å². The molecule has 0 bridgehead atoms. The van der Waals surface area contributed by atoms with Crippen molar-refractivity contribution in [1.82, 2.24) is 5.43 Å². The molecule has 1 aromatic carbocycles. The van der Waals surface area contributed by atoms with Crippen molar-refractivity contribution in [2.45, 2.75) is 13.0 Å². The first-order valence-electron chi connectivity index (χ1n) is 6.78. The van der Waals surface area contributed by atoms with Crippen LogP contribution in [0.15, 0.2) is 23.3 Å². The molecule has 2 atom stereocenters. The molecule has 23 heavy (non-hydrogen) atoms. The van der Waals surface area contributed by atoms with Crippen molar-refractivity contribution in [3.05, 3.63) is 28.2 Å². The number of benzene rings is 1. The van der Waals surface area contributed by atoms with E-state index in [-0.39, 0.29) is 28.1 Å². The second-order valence-corrected chi connectivity index (χ2v) is 5.81. The first kappa shape index (κ1) is 15.8. The van der Waals surface area contributed by atoms with Gasteiger partial charge in [-0.1, -0.05) is 23.2 Å². The highest BCUT2D eigenvalue weighted by molar-refractivity contribution is 6.46. The maximum Gasteiger partial charge on any atom is 0.355 e. The van der Waals surface area contributed by atoms with E-state index in [9.17, 15) is 14.4 Å². The number of imide groups is 1. The van der Waals surface area contributed by atoms with Crippen molar-refractivity contribution in [1.29, 1.82) is 0 Å². The summed E-state index contributed by atoms with van der Waals surface area (Å²) in [5.74, 6) is -2.84. The lowest BCUT2D eigenvalue weighted by atomic mass is 9.99. The third kappa shape index (κ3) is 2.55. The molecule has 0 saturated carbocycles. The van der Waals surface area contributed by atoms with Gasteiger partial charge in [0.25, 0.3) is 5.91 Å². The van der Waals surface area contributed by atoms with Gasteiger partial charge in [-0.05, 0) is 25.1 Å². The van der Waals surface area contributed by atoms with E-state index in [1.807, 2.05) is 0 Å². The number of amides is 2. The zero-order valence-corrected chi connectivity index (χ0v) is 13.4. The number of hydrogen-bond donors (Lipinski definition) is 1. The van der Waals surface area contributed by atoms with Gasteiger partial charge in [0, 0.05) is 10.0 Å². The number of hydrazone groups is 1. The Hall–Kier alpha value is -2.12. The van der Waals surface area contributed by atoms with Crippen molar-refractivity contribution >= 4 is 52.4 Å². The molecule has 0 spiro atoms. The summed E-state index contributed by atoms with van der Waals surface area (Å²) in [7, 11) is 0. The predicted octanol–water partition coefficient (Wildman–Crippen LogP) is 1.37. The van der Waals surface area contributed by atoms with Crippen LogP contribution < -0.4 is 10.3 Å². The molecule has 1 N–H and O–H groups in total. The van der Waals surface area contributed by atoms with E-state index in [2.05, 4.69) is 10.5 Å². The molecule has 1 aromatic rings. The summed E-state index contributed by atoms with van der Waals surface area (Å²) in [4.78, 5) is 37.9. The van der Waals surface area contributed by atoms with E-state index < -0.39 is 29.7 Å². The quantitative estimate of drug-likeness (QED) is 0.653. The van der Waals surface area contributed by atoms with Gasteiger partial charge < -0.3 is 4.74 Å². The molecule has 3 rings (SSSR count). The monoisotopic (exact) mass is 355 g/mol. The fourth-order valence-electron chi connectivity index (χ4n) is 2.59. The number of hydrogen-bond acceptors (Lipinski definition) is 6. The molecule has 0 unspecified atom stereocenters. The van der Waals surface area contributed by atoms with Crippen molar-refractivity contribution in [2.75, 3.05) is 11.5 Å². The molecule has 2 aliphatic rings. The lowest BCUT2D eigenvalue weighted by Gasteiger charge is -2.16. The van der Waals surface area contributed by atoms with Gasteiger partial charge in [-0.3, -0.25) is 15.0 Å². The van der Waals surface area contributed by atoms with Gasteiger partial charge in [-0.25, -0.2) is 9.69 Å². The molecule has 120 valence electrons. The van der Waals surface area contributed by atoms with Gasteiger partial charge >= 0.3 is 5.97 Å². The van der Waals surface area contributed by atoms with Crippen LogP contribution in [0.4, 0.5) is 5.69 Å². The summed E-state index contributed by atoms with van der Waals surface area (Å²) in [5.41, 5.74) is 2.67. The summed E-state index contributed by atoms with van der Waals surface area (Å²) in [6.07, 6.45) is 0. The molecule has 2 amide bonds. The van der Waals surface area contributed by atoms with Crippen molar-refractivity contribution in [3.63, 3.8) is 0 Å². The number of anilines is 1. The Labute approximate surface area is 141 Å². The highest BCUT2D eigenvalue weighted by Gasteiger charge is 2.55. The van der Waals surface area contributed by atoms with E-state index in [1.165, 1.54) is 18.2 Å². The smallest absolute Gasteiger partial charge is 0.355 e. The van der Waals surface area contributed by atoms with E-state index in [4.69, 9.17) is 27.9 Å². The SMILES string of the molecule is CCOC(=O)C1=NN[C@H]2C(=O)N(c3cc(Cl)cc(Cl)c3)C(=O)[C@@H]12. The number of carbonyl (C=O) groups excluding carboxylic acids is 3. The van der Waals surface area contributed by atoms with Crippen LogP contribution in [0.1, 0.15) is 6.92 Å². The molecule has 2 aliphatic heterocycles. The summed E-state index contributed by atoms with van der Waals surface area (Å²) in [6.45, 7) is 1.78. The maximum atomic E-state index is 12.6. The van der Waals surface area contributed by atoms with Crippen molar-refractivity contribution < 1.29 is 19.1 Å². The predicted molar refractivity (Wildman–Crippen MR) is 83.4 cm³/mol. The molecule has 0 aliphatic carbocycles. The largest absolute Gasteiger partial charge is 0.461 e. The summed E-state index contributed by atoms with van der Waals surface area (Å²) < 4.78 is 4.86.